The number of nitro groups is 1. The normalized spacial score (nSPS) is 11.4. The van der Waals surface area contributed by atoms with Crippen molar-refractivity contribution in [2.45, 2.75) is 23.5 Å². The molecular formula is C27H24N4O5S2. The van der Waals surface area contributed by atoms with Gasteiger partial charge in [0.05, 0.1) is 23.0 Å². The van der Waals surface area contributed by atoms with Crippen molar-refractivity contribution in [2.24, 2.45) is 0 Å². The van der Waals surface area contributed by atoms with E-state index >= 15 is 0 Å². The average molecular weight is 549 g/mol. The molecule has 2 N–H and O–H groups in total. The van der Waals surface area contributed by atoms with E-state index in [4.69, 9.17) is 4.74 Å². The van der Waals surface area contributed by atoms with E-state index in [-0.39, 0.29) is 22.4 Å². The second-order valence-corrected chi connectivity index (χ2v) is 10.2. The smallest absolute Gasteiger partial charge is 0.270 e. The molecule has 0 saturated heterocycles. The minimum atomic E-state index is -0.546. The molecule has 2 amide bonds. The predicted octanol–water partition coefficient (Wildman–Crippen LogP) is 6.49. The summed E-state index contributed by atoms with van der Waals surface area (Å²) in [6, 6.07) is 20.2. The third kappa shape index (κ3) is 6.75. The van der Waals surface area contributed by atoms with Gasteiger partial charge in [-0.1, -0.05) is 19.1 Å². The van der Waals surface area contributed by atoms with Crippen LogP contribution in [0.3, 0.4) is 0 Å². The molecule has 9 nitrogen and oxygen atoms in total. The Labute approximate surface area is 227 Å². The Morgan fingerprint density at radius 3 is 2.55 bits per heavy atom. The van der Waals surface area contributed by atoms with Gasteiger partial charge in [0.15, 0.2) is 5.13 Å². The van der Waals surface area contributed by atoms with Crippen LogP contribution in [0.4, 0.5) is 16.5 Å². The highest BCUT2D eigenvalue weighted by atomic mass is 32.2. The third-order valence-electron chi connectivity index (χ3n) is 5.47. The predicted molar refractivity (Wildman–Crippen MR) is 150 cm³/mol. The Morgan fingerprint density at radius 2 is 1.84 bits per heavy atom. The number of hydrogen-bond donors (Lipinski definition) is 2. The molecule has 1 unspecified atom stereocenters. The van der Waals surface area contributed by atoms with Gasteiger partial charge in [0.2, 0.25) is 5.91 Å². The van der Waals surface area contributed by atoms with Crippen molar-refractivity contribution < 1.29 is 19.2 Å². The van der Waals surface area contributed by atoms with Gasteiger partial charge in [0.1, 0.15) is 5.75 Å². The lowest BCUT2D eigenvalue weighted by Gasteiger charge is -2.14. The van der Waals surface area contributed by atoms with E-state index in [9.17, 15) is 19.7 Å². The maximum atomic E-state index is 13.0. The number of anilines is 2. The Kier molecular flexibility index (Phi) is 8.72. The van der Waals surface area contributed by atoms with E-state index in [1.807, 2.05) is 42.6 Å². The number of aromatic nitrogens is 1. The molecular weight excluding hydrogens is 524 g/mol. The van der Waals surface area contributed by atoms with Gasteiger partial charge in [-0.15, -0.1) is 23.1 Å². The number of benzene rings is 3. The average Bonchev–Trinajstić information content (AvgIpc) is 3.40. The summed E-state index contributed by atoms with van der Waals surface area (Å²) >= 11 is 2.73. The number of methoxy groups -OCH3 is 1. The van der Waals surface area contributed by atoms with Gasteiger partial charge in [-0.3, -0.25) is 19.7 Å². The van der Waals surface area contributed by atoms with Crippen molar-refractivity contribution in [3.05, 3.63) is 93.9 Å². The molecule has 0 radical (unpaired) electrons. The minimum Gasteiger partial charge on any atom is -0.497 e. The fourth-order valence-electron chi connectivity index (χ4n) is 3.51. The third-order valence-corrected chi connectivity index (χ3v) is 7.59. The Hall–Kier alpha value is -4.22. The van der Waals surface area contributed by atoms with Crippen molar-refractivity contribution in [3.8, 4) is 17.0 Å². The van der Waals surface area contributed by atoms with E-state index in [0.29, 0.717) is 17.2 Å². The molecule has 11 heteroatoms. The zero-order valence-electron chi connectivity index (χ0n) is 20.5. The molecule has 194 valence electrons. The fraction of sp³-hybridized carbons (Fsp3) is 0.148. The van der Waals surface area contributed by atoms with Gasteiger partial charge in [-0.05, 0) is 55.0 Å². The zero-order chi connectivity index (χ0) is 27.1. The summed E-state index contributed by atoms with van der Waals surface area (Å²) in [4.78, 5) is 41.4. The summed E-state index contributed by atoms with van der Waals surface area (Å²) in [7, 11) is 1.61. The van der Waals surface area contributed by atoms with Gasteiger partial charge in [-0.2, -0.15) is 0 Å². The van der Waals surface area contributed by atoms with Crippen LogP contribution in [0.5, 0.6) is 5.75 Å². The van der Waals surface area contributed by atoms with Crippen LogP contribution in [0.1, 0.15) is 23.7 Å². The van der Waals surface area contributed by atoms with Crippen LogP contribution < -0.4 is 15.4 Å². The van der Waals surface area contributed by atoms with E-state index in [1.54, 1.807) is 25.3 Å². The summed E-state index contributed by atoms with van der Waals surface area (Å²) in [6.45, 7) is 1.93. The maximum absolute atomic E-state index is 13.0. The van der Waals surface area contributed by atoms with Crippen LogP contribution in [0.2, 0.25) is 0 Å². The van der Waals surface area contributed by atoms with Crippen LogP contribution in [0.15, 0.2) is 83.1 Å². The minimum absolute atomic E-state index is 0.157. The molecule has 38 heavy (non-hydrogen) atoms. The highest BCUT2D eigenvalue weighted by Crippen LogP contribution is 2.31. The number of hydrogen-bond acceptors (Lipinski definition) is 8. The number of amides is 2. The van der Waals surface area contributed by atoms with Crippen LogP contribution in [-0.2, 0) is 4.79 Å². The molecule has 3 aromatic carbocycles. The quantitative estimate of drug-likeness (QED) is 0.132. The molecule has 4 aromatic rings. The lowest BCUT2D eigenvalue weighted by atomic mass is 10.2. The highest BCUT2D eigenvalue weighted by molar-refractivity contribution is 8.00. The van der Waals surface area contributed by atoms with E-state index in [1.165, 1.54) is 47.4 Å². The molecule has 1 atom stereocenters. The van der Waals surface area contributed by atoms with Crippen LogP contribution >= 0.6 is 23.1 Å². The number of carbonyl (C=O) groups excluding carboxylic acids is 2. The molecule has 4 rings (SSSR count). The van der Waals surface area contributed by atoms with Crippen molar-refractivity contribution >= 4 is 51.4 Å². The Bertz CT molecular complexity index is 1460. The molecule has 1 aromatic heterocycles. The first-order valence-electron chi connectivity index (χ1n) is 11.6. The van der Waals surface area contributed by atoms with Gasteiger partial charge in [0, 0.05) is 39.2 Å². The molecule has 0 bridgehead atoms. The second kappa shape index (κ2) is 12.3. The zero-order valence-corrected chi connectivity index (χ0v) is 22.2. The van der Waals surface area contributed by atoms with Crippen molar-refractivity contribution in [2.75, 3.05) is 17.7 Å². The first-order valence-corrected chi connectivity index (χ1v) is 13.4. The molecule has 0 saturated carbocycles. The summed E-state index contributed by atoms with van der Waals surface area (Å²) in [5, 5.41) is 18.7. The number of carbonyl (C=O) groups is 2. The number of ether oxygens (including phenoxy) is 1. The molecule has 0 spiro atoms. The molecule has 0 aliphatic carbocycles. The Balaban J connectivity index is 1.39. The first-order chi connectivity index (χ1) is 18.4. The van der Waals surface area contributed by atoms with Crippen LogP contribution in [0, 0.1) is 10.1 Å². The van der Waals surface area contributed by atoms with E-state index in [2.05, 4.69) is 15.6 Å². The number of nitrogens with zero attached hydrogens (tertiary/aromatic N) is 2. The van der Waals surface area contributed by atoms with Crippen LogP contribution in [-0.4, -0.2) is 34.1 Å². The van der Waals surface area contributed by atoms with Crippen molar-refractivity contribution in [3.63, 3.8) is 0 Å². The molecule has 0 aliphatic heterocycles. The molecule has 1 heterocycles. The van der Waals surface area contributed by atoms with Crippen LogP contribution in [0.25, 0.3) is 11.3 Å². The summed E-state index contributed by atoms with van der Waals surface area (Å²) in [6.07, 6.45) is 0.581. The van der Waals surface area contributed by atoms with E-state index < -0.39 is 10.8 Å². The summed E-state index contributed by atoms with van der Waals surface area (Å²) in [5.41, 5.74) is 2.23. The van der Waals surface area contributed by atoms with Crippen molar-refractivity contribution in [1.29, 1.82) is 0 Å². The standard InChI is InChI=1S/C27H24N4O5S2/c1-3-24(26(33)30-27-29-23(16-37-27)17-10-12-21(36-2)13-11-17)38-22-9-5-7-19(15-22)28-25(32)18-6-4-8-20(14-18)31(34)35/h4-16,24H,3H2,1-2H3,(H,28,32)(H,29,30,33). The van der Waals surface area contributed by atoms with E-state index in [0.717, 1.165) is 21.9 Å². The maximum Gasteiger partial charge on any atom is 0.270 e. The second-order valence-electron chi connectivity index (χ2n) is 8.06. The number of thiazole rings is 1. The lowest BCUT2D eigenvalue weighted by molar-refractivity contribution is -0.384. The number of nitrogens with one attached hydrogen (secondary N) is 2. The number of non-ortho nitro benzene ring substituents is 1. The SMILES string of the molecule is CCC(Sc1cccc(NC(=O)c2cccc([N+](=O)[O-])c2)c1)C(=O)Nc1nc(-c2ccc(OC)cc2)cs1. The lowest BCUT2D eigenvalue weighted by Crippen LogP contribution is -2.24. The summed E-state index contributed by atoms with van der Waals surface area (Å²) in [5.74, 6) is 0.129. The highest BCUT2D eigenvalue weighted by Gasteiger charge is 2.20. The number of rotatable bonds is 10. The van der Waals surface area contributed by atoms with Gasteiger partial charge in [0.25, 0.3) is 11.6 Å². The largest absolute Gasteiger partial charge is 0.497 e. The van der Waals surface area contributed by atoms with Crippen molar-refractivity contribution in [1.82, 2.24) is 4.98 Å². The fourth-order valence-corrected chi connectivity index (χ4v) is 5.24. The molecule has 0 fully saturated rings. The Morgan fingerprint density at radius 1 is 1.08 bits per heavy atom. The first kappa shape index (κ1) is 26.8. The number of thioether (sulfide) groups is 1. The monoisotopic (exact) mass is 548 g/mol. The molecule has 0 aliphatic rings. The van der Waals surface area contributed by atoms with Gasteiger partial charge < -0.3 is 15.4 Å². The topological polar surface area (TPSA) is 123 Å². The summed E-state index contributed by atoms with van der Waals surface area (Å²) < 4.78 is 5.19. The number of nitro benzene ring substituents is 1. The van der Waals surface area contributed by atoms with Gasteiger partial charge >= 0.3 is 0 Å². The van der Waals surface area contributed by atoms with Gasteiger partial charge in [-0.25, -0.2) is 4.98 Å².